The molecule has 0 saturated heterocycles. The Morgan fingerprint density at radius 3 is 2.31 bits per heavy atom. The average molecular weight is 460 g/mol. The van der Waals surface area contributed by atoms with Crippen molar-refractivity contribution in [2.75, 3.05) is 0 Å². The largest absolute Gasteiger partial charge is 0.378 e. The van der Waals surface area contributed by atoms with Crippen molar-refractivity contribution in [3.05, 3.63) is 48.0 Å². The van der Waals surface area contributed by atoms with E-state index in [9.17, 15) is 9.59 Å². The van der Waals surface area contributed by atoms with Crippen LogP contribution < -0.4 is 16.9 Å². The molecule has 144 valence electrons. The van der Waals surface area contributed by atoms with E-state index in [4.69, 9.17) is 46.6 Å². The zero-order chi connectivity index (χ0) is 19.1. The van der Waals surface area contributed by atoms with Gasteiger partial charge in [0.25, 0.3) is 11.1 Å². The van der Waals surface area contributed by atoms with Crippen LogP contribution in [0.25, 0.3) is 0 Å². The topological polar surface area (TPSA) is 123 Å². The molecule has 0 aromatic carbocycles. The number of rotatable bonds is 3. The summed E-state index contributed by atoms with van der Waals surface area (Å²) in [4.78, 5) is 29.0. The Kier molecular flexibility index (Phi) is 10.8. The first-order valence-corrected chi connectivity index (χ1v) is 8.95. The number of aromatic nitrogens is 4. The van der Waals surface area contributed by atoms with Gasteiger partial charge in [0.15, 0.2) is 14.8 Å². The molecule has 2 heterocycles. The van der Waals surface area contributed by atoms with Crippen molar-refractivity contribution in [3.8, 4) is 0 Å². The average Bonchev–Trinajstić information content (AvgIpc) is 2.54. The molecular weight excluding hydrogens is 443 g/mol. The number of aryl methyl sites for hydroxylation is 2. The number of aromatic amines is 1. The van der Waals surface area contributed by atoms with Crippen molar-refractivity contribution >= 4 is 64.8 Å². The van der Waals surface area contributed by atoms with Gasteiger partial charge in [-0.25, -0.2) is 4.98 Å². The molecule has 0 fully saturated rings. The fourth-order valence-electron chi connectivity index (χ4n) is 1.64. The lowest BCUT2D eigenvalue weighted by Gasteiger charge is -2.04. The van der Waals surface area contributed by atoms with E-state index in [0.29, 0.717) is 18.2 Å². The van der Waals surface area contributed by atoms with Crippen LogP contribution in [0.5, 0.6) is 0 Å². The molecule has 2 aromatic heterocycles. The molecule has 0 unspecified atom stereocenters. The SMILES string of the molecule is CCn1cc(Cl)[nH]c(=S)c1=O.CCn1cc(Cl)nc(SC(=N)N)c1=O.Cl. The molecule has 2 rings (SSSR count). The van der Waals surface area contributed by atoms with Crippen LogP contribution in [0.1, 0.15) is 13.8 Å². The summed E-state index contributed by atoms with van der Waals surface area (Å²) < 4.78 is 3.03. The van der Waals surface area contributed by atoms with Gasteiger partial charge in [0.1, 0.15) is 10.3 Å². The summed E-state index contributed by atoms with van der Waals surface area (Å²) in [7, 11) is 0. The van der Waals surface area contributed by atoms with E-state index in [1.165, 1.54) is 21.5 Å². The fourth-order valence-corrected chi connectivity index (χ4v) is 2.95. The minimum absolute atomic E-state index is 0. The molecule has 2 aromatic rings. The predicted octanol–water partition coefficient (Wildman–Crippen LogP) is 2.90. The van der Waals surface area contributed by atoms with Crippen molar-refractivity contribution in [1.29, 1.82) is 5.41 Å². The van der Waals surface area contributed by atoms with Gasteiger partial charge >= 0.3 is 0 Å². The Balaban J connectivity index is 0.000000475. The van der Waals surface area contributed by atoms with Crippen molar-refractivity contribution in [1.82, 2.24) is 19.1 Å². The quantitative estimate of drug-likeness (QED) is 0.281. The van der Waals surface area contributed by atoms with E-state index in [1.807, 2.05) is 13.8 Å². The molecule has 4 N–H and O–H groups in total. The normalized spacial score (nSPS) is 9.69. The number of hydrogen-bond acceptors (Lipinski definition) is 6. The number of nitrogens with one attached hydrogen (secondary N) is 2. The first kappa shape index (κ1) is 24.7. The fraction of sp³-hybridized carbons (Fsp3) is 0.308. The highest BCUT2D eigenvalue weighted by Crippen LogP contribution is 2.12. The minimum Gasteiger partial charge on any atom is -0.378 e. The molecule has 0 spiro atoms. The zero-order valence-electron chi connectivity index (χ0n) is 13.8. The van der Waals surface area contributed by atoms with E-state index < -0.39 is 0 Å². The molecule has 0 bridgehead atoms. The maximum atomic E-state index is 11.6. The van der Waals surface area contributed by atoms with Gasteiger partial charge in [-0.2, -0.15) is 0 Å². The Hall–Kier alpha value is -1.33. The van der Waals surface area contributed by atoms with Gasteiger partial charge in [0, 0.05) is 25.5 Å². The second kappa shape index (κ2) is 11.4. The first-order chi connectivity index (χ1) is 11.7. The van der Waals surface area contributed by atoms with Crippen molar-refractivity contribution in [3.63, 3.8) is 0 Å². The van der Waals surface area contributed by atoms with Gasteiger partial charge in [0.2, 0.25) is 0 Å². The number of amidine groups is 1. The van der Waals surface area contributed by atoms with Gasteiger partial charge < -0.3 is 19.9 Å². The summed E-state index contributed by atoms with van der Waals surface area (Å²) in [5.41, 5.74) is 4.67. The number of nitrogens with two attached hydrogens (primary N) is 1. The molecule has 0 atom stereocenters. The van der Waals surface area contributed by atoms with E-state index in [-0.39, 0.29) is 43.5 Å². The second-order valence-electron chi connectivity index (χ2n) is 4.45. The van der Waals surface area contributed by atoms with E-state index in [2.05, 4.69) is 9.97 Å². The molecule has 26 heavy (non-hydrogen) atoms. The van der Waals surface area contributed by atoms with Crippen LogP contribution >= 0.6 is 59.6 Å². The van der Waals surface area contributed by atoms with Crippen LogP contribution in [0, 0.1) is 10.0 Å². The molecule has 13 heteroatoms. The molecular formula is C13H17Cl3N6O2S2. The highest BCUT2D eigenvalue weighted by molar-refractivity contribution is 8.13. The molecule has 0 aliphatic carbocycles. The predicted molar refractivity (Wildman–Crippen MR) is 111 cm³/mol. The lowest BCUT2D eigenvalue weighted by Crippen LogP contribution is -2.23. The Morgan fingerprint density at radius 2 is 1.81 bits per heavy atom. The van der Waals surface area contributed by atoms with Crippen LogP contribution in [-0.2, 0) is 13.1 Å². The van der Waals surface area contributed by atoms with Crippen molar-refractivity contribution in [2.24, 2.45) is 5.73 Å². The number of H-pyrrole nitrogens is 1. The smallest absolute Gasteiger partial charge is 0.285 e. The third-order valence-electron chi connectivity index (χ3n) is 2.76. The molecule has 0 aliphatic rings. The standard InChI is InChI=1S/C7H9ClN4OS.C6H7ClN2OS.ClH/c1-2-12-3-4(8)11-5(6(12)13)14-7(9)10;1-2-9-3-4(7)8-5(11)6(9)10;/h3H,2H2,1H3,(H3,9,10);3H,2H2,1H3,(H,8,11);1H. The Morgan fingerprint density at radius 1 is 1.27 bits per heavy atom. The molecule has 0 amide bonds. The van der Waals surface area contributed by atoms with E-state index in [0.717, 1.165) is 11.8 Å². The Bertz CT molecular complexity index is 941. The number of nitrogens with zero attached hydrogens (tertiary/aromatic N) is 3. The Labute approximate surface area is 174 Å². The lowest BCUT2D eigenvalue weighted by atomic mass is 10.6. The first-order valence-electron chi connectivity index (χ1n) is 6.97. The third-order valence-corrected chi connectivity index (χ3v) is 4.09. The number of thioether (sulfide) groups is 1. The number of halogens is 3. The van der Waals surface area contributed by atoms with Gasteiger partial charge in [0.05, 0.1) is 0 Å². The summed E-state index contributed by atoms with van der Waals surface area (Å²) in [6.07, 6.45) is 2.98. The zero-order valence-corrected chi connectivity index (χ0v) is 17.7. The highest BCUT2D eigenvalue weighted by Gasteiger charge is 2.08. The summed E-state index contributed by atoms with van der Waals surface area (Å²) >= 11 is 16.8. The lowest BCUT2D eigenvalue weighted by molar-refractivity contribution is 0.693. The second-order valence-corrected chi connectivity index (χ2v) is 6.68. The van der Waals surface area contributed by atoms with E-state index in [1.54, 1.807) is 0 Å². The highest BCUT2D eigenvalue weighted by atomic mass is 35.5. The van der Waals surface area contributed by atoms with Crippen LogP contribution in [0.4, 0.5) is 0 Å². The van der Waals surface area contributed by atoms with Crippen LogP contribution in [0.15, 0.2) is 27.0 Å². The maximum Gasteiger partial charge on any atom is 0.285 e. The molecule has 8 nitrogen and oxygen atoms in total. The summed E-state index contributed by atoms with van der Waals surface area (Å²) in [6.45, 7) is 4.76. The van der Waals surface area contributed by atoms with Crippen LogP contribution in [0.2, 0.25) is 10.3 Å². The van der Waals surface area contributed by atoms with Gasteiger partial charge in [-0.1, -0.05) is 35.4 Å². The summed E-state index contributed by atoms with van der Waals surface area (Å²) in [5, 5.41) is 7.59. The molecule has 0 radical (unpaired) electrons. The molecule has 0 aliphatic heterocycles. The van der Waals surface area contributed by atoms with Crippen molar-refractivity contribution < 1.29 is 0 Å². The third kappa shape index (κ3) is 7.12. The van der Waals surface area contributed by atoms with Gasteiger partial charge in [-0.3, -0.25) is 15.0 Å². The van der Waals surface area contributed by atoms with Crippen LogP contribution in [0.3, 0.4) is 0 Å². The summed E-state index contributed by atoms with van der Waals surface area (Å²) in [5.74, 6) is 0. The van der Waals surface area contributed by atoms with E-state index >= 15 is 0 Å². The number of hydrogen-bond donors (Lipinski definition) is 3. The maximum absolute atomic E-state index is 11.6. The summed E-state index contributed by atoms with van der Waals surface area (Å²) in [6, 6.07) is 0. The van der Waals surface area contributed by atoms with Crippen molar-refractivity contribution in [2.45, 2.75) is 32.0 Å². The monoisotopic (exact) mass is 458 g/mol. The minimum atomic E-state index is -0.280. The van der Waals surface area contributed by atoms with Gasteiger partial charge in [-0.15, -0.1) is 12.4 Å². The molecule has 0 saturated carbocycles. The van der Waals surface area contributed by atoms with Gasteiger partial charge in [-0.05, 0) is 25.6 Å². The van der Waals surface area contributed by atoms with Crippen LogP contribution in [-0.4, -0.2) is 24.3 Å².